The molecule has 0 aromatic carbocycles. The summed E-state index contributed by atoms with van der Waals surface area (Å²) in [6.45, 7) is 8.62. The van der Waals surface area contributed by atoms with Crippen LogP contribution in [0.2, 0.25) is 0 Å². The number of rotatable bonds is 10. The molecule has 0 radical (unpaired) electrons. The number of fused-ring (bicyclic) bond motifs is 1. The molecule has 158 valence electrons. The quantitative estimate of drug-likeness (QED) is 0.587. The molecule has 0 unspecified atom stereocenters. The molecule has 1 fully saturated rings. The van der Waals surface area contributed by atoms with Crippen molar-refractivity contribution in [2.75, 3.05) is 39.3 Å². The van der Waals surface area contributed by atoms with Gasteiger partial charge in [-0.05, 0) is 56.8 Å². The van der Waals surface area contributed by atoms with Crippen molar-refractivity contribution in [3.8, 4) is 5.06 Å². The summed E-state index contributed by atoms with van der Waals surface area (Å²) in [4.78, 5) is 21.2. The summed E-state index contributed by atoms with van der Waals surface area (Å²) in [5.74, 6) is 0. The number of likely N-dealkylation sites (tertiary alicyclic amines) is 1. The first-order valence-electron chi connectivity index (χ1n) is 10.9. The molecule has 0 atom stereocenters. The predicted molar refractivity (Wildman–Crippen MR) is 113 cm³/mol. The molecule has 0 bridgehead atoms. The Balaban J connectivity index is 1.35. The maximum atomic E-state index is 11.9. The number of thiophene rings is 1. The van der Waals surface area contributed by atoms with Crippen LogP contribution in [-0.4, -0.2) is 55.4 Å². The number of hydrogen-bond acceptors (Lipinski definition) is 6. The van der Waals surface area contributed by atoms with Gasteiger partial charge in [0.15, 0.2) is 5.06 Å². The maximum absolute atomic E-state index is 11.9. The summed E-state index contributed by atoms with van der Waals surface area (Å²) < 4.78 is 6.00. The number of nitrogens with one attached hydrogen (secondary N) is 1. The van der Waals surface area contributed by atoms with Gasteiger partial charge in [0.05, 0.1) is 13.2 Å². The zero-order valence-electron chi connectivity index (χ0n) is 17.2. The minimum Gasteiger partial charge on any atom is -0.484 e. The minimum absolute atomic E-state index is 0.344. The van der Waals surface area contributed by atoms with Gasteiger partial charge in [0.1, 0.15) is 0 Å². The molecule has 2 aliphatic heterocycles. The van der Waals surface area contributed by atoms with Gasteiger partial charge >= 0.3 is 6.09 Å². The van der Waals surface area contributed by atoms with E-state index in [-0.39, 0.29) is 6.09 Å². The van der Waals surface area contributed by atoms with Crippen molar-refractivity contribution in [2.45, 2.75) is 64.8 Å². The molecule has 1 saturated heterocycles. The molecule has 28 heavy (non-hydrogen) atoms. The van der Waals surface area contributed by atoms with Gasteiger partial charge < -0.3 is 19.8 Å². The standard InChI is InChI=1S/C21H35N3O3S/c1-2-3-5-10-22-21(25)27-24-14-9-19-18(17-24)16-20(28-19)26-15-8-13-23-11-6-4-7-12-23/h16H,2-15,17H2,1H3,(H,22,25). The molecule has 1 amide bonds. The smallest absolute Gasteiger partial charge is 0.426 e. The van der Waals surface area contributed by atoms with Gasteiger partial charge in [-0.2, -0.15) is 0 Å². The van der Waals surface area contributed by atoms with E-state index in [1.165, 1.54) is 42.8 Å². The van der Waals surface area contributed by atoms with E-state index >= 15 is 0 Å². The van der Waals surface area contributed by atoms with Crippen LogP contribution in [0.25, 0.3) is 0 Å². The zero-order valence-corrected chi connectivity index (χ0v) is 18.0. The maximum Gasteiger partial charge on any atom is 0.426 e. The van der Waals surface area contributed by atoms with E-state index in [9.17, 15) is 4.79 Å². The third kappa shape index (κ3) is 6.94. The van der Waals surface area contributed by atoms with Crippen LogP contribution < -0.4 is 10.1 Å². The van der Waals surface area contributed by atoms with Gasteiger partial charge in [-0.1, -0.05) is 26.2 Å². The van der Waals surface area contributed by atoms with Crippen LogP contribution in [0.1, 0.15) is 62.3 Å². The Labute approximate surface area is 173 Å². The molecule has 0 spiro atoms. The fourth-order valence-electron chi connectivity index (χ4n) is 3.79. The third-order valence-corrected chi connectivity index (χ3v) is 6.53. The zero-order chi connectivity index (χ0) is 19.6. The first kappa shape index (κ1) is 21.4. The molecule has 1 aromatic heterocycles. The molecule has 2 aliphatic rings. The molecular weight excluding hydrogens is 374 g/mol. The highest BCUT2D eigenvalue weighted by atomic mass is 32.1. The summed E-state index contributed by atoms with van der Waals surface area (Å²) >= 11 is 1.74. The van der Waals surface area contributed by atoms with Crippen molar-refractivity contribution >= 4 is 17.4 Å². The molecule has 7 heteroatoms. The summed E-state index contributed by atoms with van der Waals surface area (Å²) in [5.41, 5.74) is 1.22. The lowest BCUT2D eigenvalue weighted by atomic mass is 10.1. The molecule has 3 heterocycles. The number of unbranched alkanes of at least 4 members (excludes halogenated alkanes) is 2. The second-order valence-corrected chi connectivity index (χ2v) is 8.84. The first-order valence-corrected chi connectivity index (χ1v) is 11.7. The number of amides is 1. The summed E-state index contributed by atoms with van der Waals surface area (Å²) in [6.07, 6.45) is 8.98. The highest BCUT2D eigenvalue weighted by molar-refractivity contribution is 7.14. The van der Waals surface area contributed by atoms with Crippen molar-refractivity contribution < 1.29 is 14.4 Å². The number of ether oxygens (including phenoxy) is 1. The normalized spacial score (nSPS) is 17.9. The fraction of sp³-hybridized carbons (Fsp3) is 0.762. The Bertz CT molecular complexity index is 602. The number of hydrogen-bond donors (Lipinski definition) is 1. The van der Waals surface area contributed by atoms with Crippen molar-refractivity contribution in [3.05, 3.63) is 16.5 Å². The van der Waals surface area contributed by atoms with Gasteiger partial charge in [-0.25, -0.2) is 4.79 Å². The number of hydroxylamine groups is 2. The highest BCUT2D eigenvalue weighted by Gasteiger charge is 2.22. The number of piperidine rings is 1. The van der Waals surface area contributed by atoms with Gasteiger partial charge in [-0.3, -0.25) is 0 Å². The largest absolute Gasteiger partial charge is 0.484 e. The lowest BCUT2D eigenvalue weighted by Gasteiger charge is -2.26. The number of nitrogens with zero attached hydrogens (tertiary/aromatic N) is 2. The monoisotopic (exact) mass is 409 g/mol. The van der Waals surface area contributed by atoms with E-state index < -0.39 is 0 Å². The first-order chi connectivity index (χ1) is 13.7. The van der Waals surface area contributed by atoms with Gasteiger partial charge in [0.25, 0.3) is 0 Å². The van der Waals surface area contributed by atoms with Crippen LogP contribution in [-0.2, 0) is 17.8 Å². The van der Waals surface area contributed by atoms with E-state index in [2.05, 4.69) is 23.2 Å². The molecule has 0 saturated carbocycles. The van der Waals surface area contributed by atoms with Crippen LogP contribution in [0.5, 0.6) is 5.06 Å². The summed E-state index contributed by atoms with van der Waals surface area (Å²) in [5, 5.41) is 5.58. The molecule has 6 nitrogen and oxygen atoms in total. The van der Waals surface area contributed by atoms with E-state index in [0.717, 1.165) is 56.9 Å². The van der Waals surface area contributed by atoms with Gasteiger partial charge in [0.2, 0.25) is 0 Å². The summed E-state index contributed by atoms with van der Waals surface area (Å²) in [7, 11) is 0. The second kappa shape index (κ2) is 11.6. The number of carbonyl (C=O) groups is 1. The fourth-order valence-corrected chi connectivity index (χ4v) is 4.82. The molecule has 0 aliphatic carbocycles. The van der Waals surface area contributed by atoms with E-state index in [1.54, 1.807) is 16.4 Å². The lowest BCUT2D eigenvalue weighted by molar-refractivity contribution is -0.110. The van der Waals surface area contributed by atoms with Crippen LogP contribution in [0.4, 0.5) is 4.79 Å². The van der Waals surface area contributed by atoms with E-state index in [0.29, 0.717) is 13.1 Å². The Kier molecular flexibility index (Phi) is 8.89. The average molecular weight is 410 g/mol. The van der Waals surface area contributed by atoms with Gasteiger partial charge in [0, 0.05) is 24.5 Å². The van der Waals surface area contributed by atoms with Crippen molar-refractivity contribution in [1.29, 1.82) is 0 Å². The van der Waals surface area contributed by atoms with Crippen LogP contribution in [0, 0.1) is 0 Å². The lowest BCUT2D eigenvalue weighted by Crippen LogP contribution is -2.37. The van der Waals surface area contributed by atoms with Gasteiger partial charge in [-0.15, -0.1) is 16.4 Å². The van der Waals surface area contributed by atoms with Crippen LogP contribution in [0.3, 0.4) is 0 Å². The minimum atomic E-state index is -0.344. The van der Waals surface area contributed by atoms with Crippen molar-refractivity contribution in [3.63, 3.8) is 0 Å². The Hall–Kier alpha value is -1.31. The predicted octanol–water partition coefficient (Wildman–Crippen LogP) is 4.19. The molecule has 1 aromatic rings. The number of carbonyl (C=O) groups excluding carboxylic acids is 1. The molecule has 1 N–H and O–H groups in total. The Morgan fingerprint density at radius 2 is 2.04 bits per heavy atom. The SMILES string of the molecule is CCCCCNC(=O)ON1CCc2sc(OCCCN3CCCCC3)cc2C1. The Morgan fingerprint density at radius 3 is 2.86 bits per heavy atom. The molecular formula is C21H35N3O3S. The third-order valence-electron chi connectivity index (χ3n) is 5.38. The van der Waals surface area contributed by atoms with E-state index in [4.69, 9.17) is 9.57 Å². The highest BCUT2D eigenvalue weighted by Crippen LogP contribution is 2.33. The topological polar surface area (TPSA) is 54.0 Å². The summed E-state index contributed by atoms with van der Waals surface area (Å²) in [6, 6.07) is 2.12. The van der Waals surface area contributed by atoms with Crippen LogP contribution in [0.15, 0.2) is 6.07 Å². The Morgan fingerprint density at radius 1 is 1.18 bits per heavy atom. The van der Waals surface area contributed by atoms with Crippen LogP contribution >= 0.6 is 11.3 Å². The van der Waals surface area contributed by atoms with E-state index in [1.807, 2.05) is 0 Å². The average Bonchev–Trinajstić information content (AvgIpc) is 3.11. The molecule has 3 rings (SSSR count). The van der Waals surface area contributed by atoms with Crippen molar-refractivity contribution in [1.82, 2.24) is 15.3 Å². The van der Waals surface area contributed by atoms with Crippen molar-refractivity contribution in [2.24, 2.45) is 0 Å². The second-order valence-electron chi connectivity index (χ2n) is 7.74.